The minimum atomic E-state index is 0.500. The summed E-state index contributed by atoms with van der Waals surface area (Å²) in [5.41, 5.74) is 0.935. The first-order valence-electron chi connectivity index (χ1n) is 3.25. The van der Waals surface area contributed by atoms with Gasteiger partial charge in [0.15, 0.2) is 4.34 Å². The maximum absolute atomic E-state index is 5.72. The van der Waals surface area contributed by atoms with E-state index in [9.17, 15) is 0 Å². The molecule has 0 N–H and O–H groups in total. The van der Waals surface area contributed by atoms with Crippen LogP contribution in [0.2, 0.25) is 5.15 Å². The van der Waals surface area contributed by atoms with Crippen LogP contribution in [0.25, 0.3) is 10.2 Å². The Bertz CT molecular complexity index is 413. The van der Waals surface area contributed by atoms with E-state index >= 15 is 0 Å². The third-order valence-electron chi connectivity index (χ3n) is 1.40. The Kier molecular flexibility index (Phi) is 2.21. The average Bonchev–Trinajstić information content (AvgIpc) is 2.46. The van der Waals surface area contributed by atoms with E-state index < -0.39 is 0 Å². The van der Waals surface area contributed by atoms with Crippen molar-refractivity contribution in [2.75, 3.05) is 6.26 Å². The zero-order chi connectivity index (χ0) is 8.55. The summed E-state index contributed by atoms with van der Waals surface area (Å²) in [4.78, 5) is 8.33. The Hall–Kier alpha value is -0.320. The molecule has 0 unspecified atom stereocenters. The summed E-state index contributed by atoms with van der Waals surface area (Å²) in [6.07, 6.45) is 3.77. The molecule has 0 atom stereocenters. The molecule has 2 aromatic heterocycles. The normalized spacial score (nSPS) is 10.8. The fourth-order valence-corrected chi connectivity index (χ4v) is 2.47. The third-order valence-corrected chi connectivity index (χ3v) is 3.59. The van der Waals surface area contributed by atoms with E-state index in [2.05, 4.69) is 9.97 Å². The van der Waals surface area contributed by atoms with Gasteiger partial charge in [-0.15, -0.1) is 11.3 Å². The van der Waals surface area contributed by atoms with Crippen molar-refractivity contribution < 1.29 is 0 Å². The summed E-state index contributed by atoms with van der Waals surface area (Å²) in [6, 6.07) is 1.78. The highest BCUT2D eigenvalue weighted by atomic mass is 35.5. The van der Waals surface area contributed by atoms with Crippen LogP contribution in [0.4, 0.5) is 0 Å². The molecular weight excluding hydrogens is 212 g/mol. The number of fused-ring (bicyclic) bond motifs is 1. The number of thiazole rings is 1. The number of nitrogens with zero attached hydrogens (tertiary/aromatic N) is 2. The van der Waals surface area contributed by atoms with E-state index in [-0.39, 0.29) is 0 Å². The van der Waals surface area contributed by atoms with Crippen LogP contribution >= 0.6 is 34.7 Å². The monoisotopic (exact) mass is 216 g/mol. The van der Waals surface area contributed by atoms with Crippen LogP contribution in [0.3, 0.4) is 0 Å². The second kappa shape index (κ2) is 3.20. The van der Waals surface area contributed by atoms with Crippen molar-refractivity contribution in [1.82, 2.24) is 9.97 Å². The zero-order valence-electron chi connectivity index (χ0n) is 6.24. The van der Waals surface area contributed by atoms with Crippen molar-refractivity contribution in [3.05, 3.63) is 17.4 Å². The van der Waals surface area contributed by atoms with Crippen LogP contribution in [0.1, 0.15) is 0 Å². The summed E-state index contributed by atoms with van der Waals surface area (Å²) in [7, 11) is 0. The predicted octanol–water partition coefficient (Wildman–Crippen LogP) is 3.07. The van der Waals surface area contributed by atoms with Crippen molar-refractivity contribution in [1.29, 1.82) is 0 Å². The van der Waals surface area contributed by atoms with Gasteiger partial charge >= 0.3 is 0 Å². The summed E-state index contributed by atoms with van der Waals surface area (Å²) in [5, 5.41) is 0.500. The molecule has 12 heavy (non-hydrogen) atoms. The first-order chi connectivity index (χ1) is 5.79. The average molecular weight is 217 g/mol. The van der Waals surface area contributed by atoms with Gasteiger partial charge in [0.1, 0.15) is 5.15 Å². The molecule has 0 radical (unpaired) electrons. The molecule has 2 aromatic rings. The SMILES string of the molecule is CSc1nc2cc(Cl)ncc2s1. The van der Waals surface area contributed by atoms with Gasteiger partial charge in [-0.3, -0.25) is 0 Å². The molecule has 2 nitrogen and oxygen atoms in total. The number of halogens is 1. The molecule has 0 saturated heterocycles. The Morgan fingerprint density at radius 3 is 3.17 bits per heavy atom. The molecule has 5 heteroatoms. The van der Waals surface area contributed by atoms with E-state index in [4.69, 9.17) is 11.6 Å². The van der Waals surface area contributed by atoms with Gasteiger partial charge in [-0.05, 0) is 6.26 Å². The first-order valence-corrected chi connectivity index (χ1v) is 5.67. The molecule has 2 rings (SSSR count). The second-order valence-electron chi connectivity index (χ2n) is 2.16. The zero-order valence-corrected chi connectivity index (χ0v) is 8.63. The number of thioether (sulfide) groups is 1. The van der Waals surface area contributed by atoms with Crippen LogP contribution in [-0.2, 0) is 0 Å². The van der Waals surface area contributed by atoms with Crippen molar-refractivity contribution in [2.24, 2.45) is 0 Å². The Balaban J connectivity index is 2.67. The molecule has 2 heterocycles. The molecule has 0 aliphatic heterocycles. The highest BCUT2D eigenvalue weighted by molar-refractivity contribution is 8.00. The van der Waals surface area contributed by atoms with Gasteiger partial charge in [0.25, 0.3) is 0 Å². The van der Waals surface area contributed by atoms with Gasteiger partial charge in [-0.2, -0.15) is 0 Å². The fraction of sp³-hybridized carbons (Fsp3) is 0.143. The lowest BCUT2D eigenvalue weighted by Crippen LogP contribution is -1.72. The fourth-order valence-electron chi connectivity index (χ4n) is 0.876. The predicted molar refractivity (Wildman–Crippen MR) is 54.2 cm³/mol. The minimum Gasteiger partial charge on any atom is -0.243 e. The lowest BCUT2D eigenvalue weighted by Gasteiger charge is -1.85. The molecule has 0 aromatic carbocycles. The maximum atomic E-state index is 5.72. The number of hydrogen-bond donors (Lipinski definition) is 0. The van der Waals surface area contributed by atoms with Gasteiger partial charge in [-0.25, -0.2) is 9.97 Å². The molecule has 0 bridgehead atoms. The number of pyridine rings is 1. The lowest BCUT2D eigenvalue weighted by molar-refractivity contribution is 1.29. The van der Waals surface area contributed by atoms with Crippen molar-refractivity contribution in [2.45, 2.75) is 4.34 Å². The summed E-state index contributed by atoms with van der Waals surface area (Å²) < 4.78 is 2.14. The quantitative estimate of drug-likeness (QED) is 0.541. The Labute approximate surface area is 83.0 Å². The molecule has 0 fully saturated rings. The highest BCUT2D eigenvalue weighted by Crippen LogP contribution is 2.28. The van der Waals surface area contributed by atoms with Crippen molar-refractivity contribution in [3.8, 4) is 0 Å². The van der Waals surface area contributed by atoms with Crippen LogP contribution in [0.5, 0.6) is 0 Å². The summed E-state index contributed by atoms with van der Waals surface area (Å²) >= 11 is 8.99. The maximum Gasteiger partial charge on any atom is 0.150 e. The first kappa shape index (κ1) is 8.29. The van der Waals surface area contributed by atoms with E-state index in [1.807, 2.05) is 6.26 Å². The van der Waals surface area contributed by atoms with Crippen LogP contribution < -0.4 is 0 Å². The van der Waals surface area contributed by atoms with Crippen molar-refractivity contribution in [3.63, 3.8) is 0 Å². The number of rotatable bonds is 1. The molecule has 0 saturated carbocycles. The number of aromatic nitrogens is 2. The Morgan fingerprint density at radius 1 is 1.58 bits per heavy atom. The van der Waals surface area contributed by atoms with Gasteiger partial charge in [0.05, 0.1) is 10.2 Å². The lowest BCUT2D eigenvalue weighted by atomic mass is 10.4. The van der Waals surface area contributed by atoms with Crippen LogP contribution in [0.15, 0.2) is 16.6 Å². The van der Waals surface area contributed by atoms with Crippen LogP contribution in [0, 0.1) is 0 Å². The molecular formula is C7H5ClN2S2. The van der Waals surface area contributed by atoms with Gasteiger partial charge < -0.3 is 0 Å². The van der Waals surface area contributed by atoms with Crippen molar-refractivity contribution >= 4 is 44.9 Å². The highest BCUT2D eigenvalue weighted by Gasteiger charge is 2.02. The van der Waals surface area contributed by atoms with Gasteiger partial charge in [0, 0.05) is 12.3 Å². The van der Waals surface area contributed by atoms with Gasteiger partial charge in [0.2, 0.25) is 0 Å². The van der Waals surface area contributed by atoms with Gasteiger partial charge in [-0.1, -0.05) is 23.4 Å². The largest absolute Gasteiger partial charge is 0.243 e. The second-order valence-corrected chi connectivity index (χ2v) is 4.63. The summed E-state index contributed by atoms with van der Waals surface area (Å²) in [5.74, 6) is 0. The smallest absolute Gasteiger partial charge is 0.150 e. The van der Waals surface area contributed by atoms with E-state index in [1.54, 1.807) is 35.4 Å². The number of hydrogen-bond acceptors (Lipinski definition) is 4. The van der Waals surface area contributed by atoms with E-state index in [1.165, 1.54) is 0 Å². The topological polar surface area (TPSA) is 25.8 Å². The summed E-state index contributed by atoms with van der Waals surface area (Å²) in [6.45, 7) is 0. The molecule has 0 amide bonds. The molecule has 0 aliphatic rings. The third kappa shape index (κ3) is 1.42. The molecule has 0 spiro atoms. The van der Waals surface area contributed by atoms with E-state index in [0.717, 1.165) is 14.6 Å². The van der Waals surface area contributed by atoms with E-state index in [0.29, 0.717) is 5.15 Å². The minimum absolute atomic E-state index is 0.500. The van der Waals surface area contributed by atoms with Crippen LogP contribution in [-0.4, -0.2) is 16.2 Å². The molecule has 0 aliphatic carbocycles. The Morgan fingerprint density at radius 2 is 2.42 bits per heavy atom. The standard InChI is InChI=1S/C7H5ClN2S2/c1-11-7-10-4-2-6(8)9-3-5(4)12-7/h2-3H,1H3. The molecule has 62 valence electrons.